The lowest BCUT2D eigenvalue weighted by Crippen LogP contribution is -2.53. The Morgan fingerprint density at radius 3 is 2.79 bits per heavy atom. The van der Waals surface area contributed by atoms with E-state index in [4.69, 9.17) is 16.3 Å². The van der Waals surface area contributed by atoms with Crippen LogP contribution in [0.3, 0.4) is 0 Å². The monoisotopic (exact) mass is 350 g/mol. The Bertz CT molecular complexity index is 765. The summed E-state index contributed by atoms with van der Waals surface area (Å²) < 4.78 is 5.51. The van der Waals surface area contributed by atoms with Crippen LogP contribution in [0.15, 0.2) is 30.5 Å². The van der Waals surface area contributed by atoms with E-state index >= 15 is 0 Å². The molecule has 2 N–H and O–H groups in total. The Morgan fingerprint density at radius 1 is 1.38 bits per heavy atom. The lowest BCUT2D eigenvalue weighted by atomic mass is 9.96. The van der Waals surface area contributed by atoms with Crippen molar-refractivity contribution in [2.24, 2.45) is 0 Å². The van der Waals surface area contributed by atoms with Gasteiger partial charge >= 0.3 is 5.97 Å². The number of carboxylic acids is 1. The van der Waals surface area contributed by atoms with Crippen LogP contribution in [0, 0.1) is 0 Å². The Kier molecular flexibility index (Phi) is 5.62. The standard InChI is InChI=1S/C17H19ClN2O4/c1-3-8-17(2,16(22)23)20-14(21)10-24-13-7-6-12(18)11-5-4-9-19-15(11)13/h4-7,9H,3,8,10H2,1-2H3,(H,20,21)(H,22,23). The molecule has 0 aliphatic heterocycles. The summed E-state index contributed by atoms with van der Waals surface area (Å²) in [5, 5.41) is 13.1. The van der Waals surface area contributed by atoms with Gasteiger partial charge in [0.2, 0.25) is 0 Å². The Balaban J connectivity index is 2.10. The highest BCUT2D eigenvalue weighted by atomic mass is 35.5. The number of fused-ring (bicyclic) bond motifs is 1. The normalized spacial score (nSPS) is 13.3. The molecule has 1 heterocycles. The van der Waals surface area contributed by atoms with E-state index < -0.39 is 17.4 Å². The number of amides is 1. The SMILES string of the molecule is CCCC(C)(NC(=O)COc1ccc(Cl)c2cccnc12)C(=O)O. The fourth-order valence-corrected chi connectivity index (χ4v) is 2.65. The number of aliphatic carboxylic acids is 1. The molecule has 2 aromatic rings. The van der Waals surface area contributed by atoms with Gasteiger partial charge in [-0.25, -0.2) is 4.79 Å². The molecule has 1 amide bonds. The van der Waals surface area contributed by atoms with Crippen molar-refractivity contribution in [3.8, 4) is 5.75 Å². The molecule has 0 fully saturated rings. The number of carbonyl (C=O) groups excluding carboxylic acids is 1. The minimum absolute atomic E-state index is 0.306. The molecule has 128 valence electrons. The van der Waals surface area contributed by atoms with Crippen LogP contribution < -0.4 is 10.1 Å². The number of carbonyl (C=O) groups is 2. The second-order valence-electron chi connectivity index (χ2n) is 5.67. The van der Waals surface area contributed by atoms with Gasteiger partial charge in [0.05, 0.1) is 5.02 Å². The molecule has 0 saturated heterocycles. The van der Waals surface area contributed by atoms with E-state index in [1.54, 1.807) is 30.5 Å². The zero-order chi connectivity index (χ0) is 17.7. The minimum Gasteiger partial charge on any atom is -0.481 e. The van der Waals surface area contributed by atoms with Crippen molar-refractivity contribution in [3.05, 3.63) is 35.5 Å². The first-order chi connectivity index (χ1) is 11.4. The van der Waals surface area contributed by atoms with Crippen LogP contribution in [0.1, 0.15) is 26.7 Å². The molecular formula is C17H19ClN2O4. The van der Waals surface area contributed by atoms with Crippen molar-refractivity contribution in [3.63, 3.8) is 0 Å². The number of nitrogens with one attached hydrogen (secondary N) is 1. The van der Waals surface area contributed by atoms with E-state index in [-0.39, 0.29) is 6.61 Å². The van der Waals surface area contributed by atoms with E-state index in [1.165, 1.54) is 6.92 Å². The van der Waals surface area contributed by atoms with Crippen LogP contribution in [-0.2, 0) is 9.59 Å². The van der Waals surface area contributed by atoms with Crippen molar-refractivity contribution in [2.45, 2.75) is 32.2 Å². The molecule has 0 aliphatic rings. The summed E-state index contributed by atoms with van der Waals surface area (Å²) in [6.07, 6.45) is 2.57. The van der Waals surface area contributed by atoms with Crippen LogP contribution in [0.2, 0.25) is 5.02 Å². The Labute approximate surface area is 144 Å². The number of rotatable bonds is 7. The highest BCUT2D eigenvalue weighted by Gasteiger charge is 2.33. The smallest absolute Gasteiger partial charge is 0.329 e. The van der Waals surface area contributed by atoms with Gasteiger partial charge in [0.1, 0.15) is 16.8 Å². The Hall–Kier alpha value is -2.34. The van der Waals surface area contributed by atoms with Gasteiger partial charge < -0.3 is 15.2 Å². The minimum atomic E-state index is -1.31. The molecule has 24 heavy (non-hydrogen) atoms. The molecule has 1 aromatic carbocycles. The molecule has 2 rings (SSSR count). The van der Waals surface area contributed by atoms with E-state index in [1.807, 2.05) is 6.92 Å². The van der Waals surface area contributed by atoms with Crippen LogP contribution in [0.5, 0.6) is 5.75 Å². The third-order valence-electron chi connectivity index (χ3n) is 3.68. The van der Waals surface area contributed by atoms with E-state index in [0.717, 1.165) is 5.39 Å². The predicted octanol–water partition coefficient (Wildman–Crippen LogP) is 3.03. The largest absolute Gasteiger partial charge is 0.481 e. The van der Waals surface area contributed by atoms with Gasteiger partial charge in [0, 0.05) is 11.6 Å². The molecule has 1 unspecified atom stereocenters. The molecule has 0 saturated carbocycles. The molecule has 1 atom stereocenters. The van der Waals surface area contributed by atoms with Gasteiger partial charge in [-0.3, -0.25) is 9.78 Å². The Morgan fingerprint density at radius 2 is 2.12 bits per heavy atom. The summed E-state index contributed by atoms with van der Waals surface area (Å²) in [5.74, 6) is -1.17. The van der Waals surface area contributed by atoms with E-state index in [9.17, 15) is 14.7 Å². The second-order valence-corrected chi connectivity index (χ2v) is 6.08. The lowest BCUT2D eigenvalue weighted by molar-refractivity contribution is -0.147. The topological polar surface area (TPSA) is 88.5 Å². The number of nitrogens with zero attached hydrogens (tertiary/aromatic N) is 1. The van der Waals surface area contributed by atoms with Gasteiger partial charge in [0.25, 0.3) is 5.91 Å². The molecule has 0 spiro atoms. The van der Waals surface area contributed by atoms with Crippen LogP contribution >= 0.6 is 11.6 Å². The fraction of sp³-hybridized carbons (Fsp3) is 0.353. The molecule has 0 bridgehead atoms. The highest BCUT2D eigenvalue weighted by molar-refractivity contribution is 6.35. The zero-order valence-corrected chi connectivity index (χ0v) is 14.3. The maximum Gasteiger partial charge on any atom is 0.329 e. The van der Waals surface area contributed by atoms with Crippen molar-refractivity contribution in [2.75, 3.05) is 6.61 Å². The van der Waals surface area contributed by atoms with Crippen molar-refractivity contribution in [1.29, 1.82) is 0 Å². The van der Waals surface area contributed by atoms with Crippen LogP contribution in [0.25, 0.3) is 10.9 Å². The quantitative estimate of drug-likeness (QED) is 0.801. The summed E-state index contributed by atoms with van der Waals surface area (Å²) in [7, 11) is 0. The van der Waals surface area contributed by atoms with Crippen LogP contribution in [-0.4, -0.2) is 34.1 Å². The zero-order valence-electron chi connectivity index (χ0n) is 13.5. The summed E-state index contributed by atoms with van der Waals surface area (Å²) in [6, 6.07) is 6.86. The molecule has 0 radical (unpaired) electrons. The van der Waals surface area contributed by atoms with Crippen molar-refractivity contribution >= 4 is 34.4 Å². The summed E-state index contributed by atoms with van der Waals surface area (Å²) in [6.45, 7) is 3.03. The first kappa shape index (κ1) is 18.0. The highest BCUT2D eigenvalue weighted by Crippen LogP contribution is 2.29. The molecule has 7 heteroatoms. The van der Waals surface area contributed by atoms with Gasteiger partial charge in [0.15, 0.2) is 6.61 Å². The van der Waals surface area contributed by atoms with Crippen molar-refractivity contribution < 1.29 is 19.4 Å². The number of carboxylic acid groups (broad SMARTS) is 1. The number of halogens is 1. The maximum atomic E-state index is 12.1. The van der Waals surface area contributed by atoms with Gasteiger partial charge in [-0.1, -0.05) is 24.9 Å². The van der Waals surface area contributed by atoms with E-state index in [0.29, 0.717) is 29.1 Å². The molecule has 1 aromatic heterocycles. The number of pyridine rings is 1. The van der Waals surface area contributed by atoms with Gasteiger partial charge in [-0.15, -0.1) is 0 Å². The molecule has 6 nitrogen and oxygen atoms in total. The lowest BCUT2D eigenvalue weighted by Gasteiger charge is -2.25. The van der Waals surface area contributed by atoms with Crippen LogP contribution in [0.4, 0.5) is 0 Å². The third kappa shape index (κ3) is 3.94. The second kappa shape index (κ2) is 7.49. The van der Waals surface area contributed by atoms with Gasteiger partial charge in [-0.2, -0.15) is 0 Å². The number of aromatic nitrogens is 1. The summed E-state index contributed by atoms with van der Waals surface area (Å²) >= 11 is 6.11. The number of benzene rings is 1. The van der Waals surface area contributed by atoms with Crippen molar-refractivity contribution in [1.82, 2.24) is 10.3 Å². The average Bonchev–Trinajstić information content (AvgIpc) is 2.54. The summed E-state index contributed by atoms with van der Waals surface area (Å²) in [4.78, 5) is 27.6. The first-order valence-corrected chi connectivity index (χ1v) is 7.95. The maximum absolute atomic E-state index is 12.1. The number of hydrogen-bond acceptors (Lipinski definition) is 4. The molecule has 0 aliphatic carbocycles. The third-order valence-corrected chi connectivity index (χ3v) is 4.01. The number of ether oxygens (including phenoxy) is 1. The average molecular weight is 351 g/mol. The predicted molar refractivity (Wildman–Crippen MR) is 91.3 cm³/mol. The first-order valence-electron chi connectivity index (χ1n) is 7.58. The summed E-state index contributed by atoms with van der Waals surface area (Å²) in [5.41, 5.74) is -0.762. The fourth-order valence-electron chi connectivity index (χ4n) is 2.44. The number of hydrogen-bond donors (Lipinski definition) is 2. The van der Waals surface area contributed by atoms with Gasteiger partial charge in [-0.05, 0) is 37.6 Å². The van der Waals surface area contributed by atoms with E-state index in [2.05, 4.69) is 10.3 Å². The molecular weight excluding hydrogens is 332 g/mol.